The minimum absolute atomic E-state index is 0.0353. The lowest BCUT2D eigenvalue weighted by Gasteiger charge is -2.24. The molecule has 0 fully saturated rings. The van der Waals surface area contributed by atoms with Crippen LogP contribution in [0.1, 0.15) is 11.1 Å². The number of halogens is 1. The van der Waals surface area contributed by atoms with E-state index < -0.39 is 22.5 Å². The van der Waals surface area contributed by atoms with Gasteiger partial charge in [0.15, 0.2) is 0 Å². The molecule has 0 heterocycles. The fourth-order valence-electron chi connectivity index (χ4n) is 3.14. The summed E-state index contributed by atoms with van der Waals surface area (Å²) in [6, 6.07) is 18.0. The SMILES string of the molecule is COc1ccc(S(=O)(=O)N(CC(=O)Nc2c(C)cccc2C)c2cccc(Cl)c2)cc1. The number of sulfonamides is 1. The monoisotopic (exact) mass is 458 g/mol. The van der Waals surface area contributed by atoms with Crippen LogP contribution in [0.15, 0.2) is 71.6 Å². The van der Waals surface area contributed by atoms with Gasteiger partial charge in [0.25, 0.3) is 10.0 Å². The highest BCUT2D eigenvalue weighted by atomic mass is 35.5. The molecule has 6 nitrogen and oxygen atoms in total. The number of para-hydroxylation sites is 1. The zero-order chi connectivity index (χ0) is 22.6. The second-order valence-corrected chi connectivity index (χ2v) is 9.28. The third-order valence-electron chi connectivity index (χ3n) is 4.78. The predicted octanol–water partition coefficient (Wildman–Crippen LogP) is 4.80. The van der Waals surface area contributed by atoms with Crippen LogP contribution in [0.3, 0.4) is 0 Å². The van der Waals surface area contributed by atoms with Crippen LogP contribution < -0.4 is 14.4 Å². The van der Waals surface area contributed by atoms with Crippen molar-refractivity contribution in [2.45, 2.75) is 18.7 Å². The Morgan fingerprint density at radius 2 is 1.61 bits per heavy atom. The first-order valence-electron chi connectivity index (χ1n) is 9.51. The van der Waals surface area contributed by atoms with Gasteiger partial charge in [-0.3, -0.25) is 9.10 Å². The second kappa shape index (κ2) is 9.41. The Morgan fingerprint density at radius 1 is 1.00 bits per heavy atom. The molecule has 3 aromatic carbocycles. The smallest absolute Gasteiger partial charge is 0.264 e. The quantitative estimate of drug-likeness (QED) is 0.551. The van der Waals surface area contributed by atoms with Crippen LogP contribution in [0, 0.1) is 13.8 Å². The fourth-order valence-corrected chi connectivity index (χ4v) is 4.74. The first-order valence-corrected chi connectivity index (χ1v) is 11.3. The summed E-state index contributed by atoms with van der Waals surface area (Å²) in [5.74, 6) is 0.0653. The maximum absolute atomic E-state index is 13.4. The number of benzene rings is 3. The van der Waals surface area contributed by atoms with Crippen LogP contribution in [-0.4, -0.2) is 28.0 Å². The van der Waals surface area contributed by atoms with E-state index in [2.05, 4.69) is 5.32 Å². The maximum atomic E-state index is 13.4. The largest absolute Gasteiger partial charge is 0.497 e. The summed E-state index contributed by atoms with van der Waals surface area (Å²) in [7, 11) is -2.55. The van der Waals surface area contributed by atoms with Crippen molar-refractivity contribution in [3.8, 4) is 5.75 Å². The Balaban J connectivity index is 1.97. The molecule has 0 saturated heterocycles. The van der Waals surface area contributed by atoms with E-state index in [1.807, 2.05) is 32.0 Å². The molecule has 3 rings (SSSR count). The van der Waals surface area contributed by atoms with E-state index >= 15 is 0 Å². The third-order valence-corrected chi connectivity index (χ3v) is 6.80. The number of hydrogen-bond donors (Lipinski definition) is 1. The molecule has 0 aliphatic heterocycles. The van der Waals surface area contributed by atoms with Crippen LogP contribution in [0.4, 0.5) is 11.4 Å². The van der Waals surface area contributed by atoms with Crippen LogP contribution in [0.5, 0.6) is 5.75 Å². The van der Waals surface area contributed by atoms with E-state index in [0.29, 0.717) is 22.1 Å². The number of ether oxygens (including phenoxy) is 1. The van der Waals surface area contributed by atoms with Gasteiger partial charge in [-0.25, -0.2) is 8.42 Å². The summed E-state index contributed by atoms with van der Waals surface area (Å²) in [4.78, 5) is 12.9. The van der Waals surface area contributed by atoms with E-state index in [1.54, 1.807) is 30.3 Å². The molecule has 0 radical (unpaired) electrons. The van der Waals surface area contributed by atoms with Gasteiger partial charge in [0.2, 0.25) is 5.91 Å². The number of carbonyl (C=O) groups is 1. The standard InChI is InChI=1S/C23H23ClN2O4S/c1-16-6-4-7-17(2)23(16)25-22(27)15-26(19-9-5-8-18(24)14-19)31(28,29)21-12-10-20(30-3)11-13-21/h4-14H,15H2,1-3H3,(H,25,27). The Kier molecular flexibility index (Phi) is 6.87. The molecule has 0 saturated carbocycles. The van der Waals surface area contributed by atoms with Crippen molar-refractivity contribution < 1.29 is 17.9 Å². The molecular formula is C23H23ClN2O4S. The molecule has 1 N–H and O–H groups in total. The number of methoxy groups -OCH3 is 1. The molecule has 31 heavy (non-hydrogen) atoms. The number of hydrogen-bond acceptors (Lipinski definition) is 4. The van der Waals surface area contributed by atoms with Crippen molar-refractivity contribution in [3.05, 3.63) is 82.9 Å². The average Bonchev–Trinajstić information content (AvgIpc) is 2.74. The molecule has 0 atom stereocenters. The van der Waals surface area contributed by atoms with Crippen LogP contribution in [0.25, 0.3) is 0 Å². The van der Waals surface area contributed by atoms with Crippen molar-refractivity contribution in [2.75, 3.05) is 23.3 Å². The number of nitrogens with zero attached hydrogens (tertiary/aromatic N) is 1. The van der Waals surface area contributed by atoms with Gasteiger partial charge < -0.3 is 10.1 Å². The topological polar surface area (TPSA) is 75.7 Å². The van der Waals surface area contributed by atoms with Crippen molar-refractivity contribution in [1.29, 1.82) is 0 Å². The van der Waals surface area contributed by atoms with E-state index in [-0.39, 0.29) is 4.90 Å². The summed E-state index contributed by atoms with van der Waals surface area (Å²) in [6.07, 6.45) is 0. The molecule has 0 aliphatic carbocycles. The fraction of sp³-hybridized carbons (Fsp3) is 0.174. The lowest BCUT2D eigenvalue weighted by atomic mass is 10.1. The zero-order valence-corrected chi connectivity index (χ0v) is 19.0. The highest BCUT2D eigenvalue weighted by Crippen LogP contribution is 2.27. The van der Waals surface area contributed by atoms with Crippen molar-refractivity contribution in [2.24, 2.45) is 0 Å². The number of anilines is 2. The molecule has 0 aliphatic rings. The Morgan fingerprint density at radius 3 is 2.19 bits per heavy atom. The predicted molar refractivity (Wildman–Crippen MR) is 124 cm³/mol. The number of carbonyl (C=O) groups excluding carboxylic acids is 1. The summed E-state index contributed by atoms with van der Waals surface area (Å²) in [6.45, 7) is 3.35. The van der Waals surface area contributed by atoms with Gasteiger partial charge in [-0.1, -0.05) is 35.9 Å². The van der Waals surface area contributed by atoms with Crippen LogP contribution in [0.2, 0.25) is 5.02 Å². The Labute approximate surface area is 187 Å². The minimum atomic E-state index is -4.05. The van der Waals surface area contributed by atoms with Gasteiger partial charge in [0, 0.05) is 10.7 Å². The molecule has 1 amide bonds. The number of rotatable bonds is 7. The number of aryl methyl sites for hydroxylation is 2. The van der Waals surface area contributed by atoms with Crippen molar-refractivity contribution in [3.63, 3.8) is 0 Å². The lowest BCUT2D eigenvalue weighted by Crippen LogP contribution is -2.38. The maximum Gasteiger partial charge on any atom is 0.264 e. The molecule has 8 heteroatoms. The van der Waals surface area contributed by atoms with Crippen molar-refractivity contribution >= 4 is 38.9 Å². The van der Waals surface area contributed by atoms with Gasteiger partial charge in [0.05, 0.1) is 17.7 Å². The average molecular weight is 459 g/mol. The third kappa shape index (κ3) is 5.18. The first-order chi connectivity index (χ1) is 14.7. The molecular weight excluding hydrogens is 436 g/mol. The Bertz CT molecular complexity index is 1170. The number of amides is 1. The zero-order valence-electron chi connectivity index (χ0n) is 17.4. The van der Waals surface area contributed by atoms with Crippen LogP contribution >= 0.6 is 11.6 Å². The summed E-state index contributed by atoms with van der Waals surface area (Å²) < 4.78 is 33.0. The lowest BCUT2D eigenvalue weighted by molar-refractivity contribution is -0.114. The summed E-state index contributed by atoms with van der Waals surface area (Å²) in [5.41, 5.74) is 2.74. The highest BCUT2D eigenvalue weighted by molar-refractivity contribution is 7.92. The summed E-state index contributed by atoms with van der Waals surface area (Å²) in [5, 5.41) is 3.20. The van der Waals surface area contributed by atoms with E-state index in [9.17, 15) is 13.2 Å². The van der Waals surface area contributed by atoms with E-state index in [1.165, 1.54) is 25.3 Å². The van der Waals surface area contributed by atoms with Gasteiger partial charge in [-0.2, -0.15) is 0 Å². The summed E-state index contributed by atoms with van der Waals surface area (Å²) >= 11 is 6.09. The minimum Gasteiger partial charge on any atom is -0.497 e. The molecule has 162 valence electrons. The number of nitrogens with one attached hydrogen (secondary N) is 1. The first kappa shape index (κ1) is 22.7. The molecule has 0 bridgehead atoms. The molecule has 0 spiro atoms. The van der Waals surface area contributed by atoms with E-state index in [4.69, 9.17) is 16.3 Å². The molecule has 3 aromatic rings. The van der Waals surface area contributed by atoms with Gasteiger partial charge in [0.1, 0.15) is 12.3 Å². The normalized spacial score (nSPS) is 11.1. The highest BCUT2D eigenvalue weighted by Gasteiger charge is 2.28. The van der Waals surface area contributed by atoms with Gasteiger partial charge >= 0.3 is 0 Å². The second-order valence-electron chi connectivity index (χ2n) is 6.98. The molecule has 0 aromatic heterocycles. The molecule has 0 unspecified atom stereocenters. The van der Waals surface area contributed by atoms with Crippen LogP contribution in [-0.2, 0) is 14.8 Å². The van der Waals surface area contributed by atoms with Crippen molar-refractivity contribution in [1.82, 2.24) is 0 Å². The van der Waals surface area contributed by atoms with Gasteiger partial charge in [-0.15, -0.1) is 0 Å². The Hall–Kier alpha value is -3.03. The van der Waals surface area contributed by atoms with E-state index in [0.717, 1.165) is 15.4 Å². The van der Waals surface area contributed by atoms with Gasteiger partial charge in [-0.05, 0) is 67.4 Å².